The van der Waals surface area contributed by atoms with Gasteiger partial charge in [0.1, 0.15) is 0 Å². The number of halogens is 2. The lowest BCUT2D eigenvalue weighted by Crippen LogP contribution is -2.03. The van der Waals surface area contributed by atoms with E-state index in [9.17, 15) is 9.59 Å². The summed E-state index contributed by atoms with van der Waals surface area (Å²) in [4.78, 5) is 22.9. The summed E-state index contributed by atoms with van der Waals surface area (Å²) in [7, 11) is 0. The summed E-state index contributed by atoms with van der Waals surface area (Å²) in [6.45, 7) is 0. The van der Waals surface area contributed by atoms with Crippen molar-refractivity contribution < 1.29 is 9.59 Å². The standard InChI is InChI=1S/C14H7Cl2O2/c15-12-7-6-10(13(16)11(12)8-17)14(18)9-4-2-1-3-5-9/h1-7H. The van der Waals surface area contributed by atoms with Gasteiger partial charge in [-0.05, 0) is 12.1 Å². The molecule has 0 amide bonds. The highest BCUT2D eigenvalue weighted by atomic mass is 35.5. The van der Waals surface area contributed by atoms with Crippen LogP contribution in [0.2, 0.25) is 10.0 Å². The number of hydrogen-bond donors (Lipinski definition) is 0. The van der Waals surface area contributed by atoms with Gasteiger partial charge in [0.15, 0.2) is 5.78 Å². The predicted molar refractivity (Wildman–Crippen MR) is 71.1 cm³/mol. The van der Waals surface area contributed by atoms with Crippen LogP contribution in [-0.2, 0) is 4.79 Å². The van der Waals surface area contributed by atoms with Crippen molar-refractivity contribution in [1.82, 2.24) is 0 Å². The first-order chi connectivity index (χ1) is 8.65. The number of rotatable bonds is 3. The molecule has 1 radical (unpaired) electrons. The molecule has 2 rings (SSSR count). The fourth-order valence-electron chi connectivity index (χ4n) is 1.57. The highest BCUT2D eigenvalue weighted by molar-refractivity contribution is 6.41. The summed E-state index contributed by atoms with van der Waals surface area (Å²) in [5, 5.41) is 0.214. The molecule has 0 N–H and O–H groups in total. The molecule has 0 aliphatic rings. The van der Waals surface area contributed by atoms with Crippen LogP contribution in [0, 0.1) is 0 Å². The first-order valence-corrected chi connectivity index (χ1v) is 5.86. The van der Waals surface area contributed by atoms with E-state index in [4.69, 9.17) is 23.2 Å². The molecule has 0 saturated carbocycles. The minimum atomic E-state index is -0.256. The number of benzene rings is 2. The summed E-state index contributed by atoms with van der Waals surface area (Å²) in [6, 6.07) is 11.6. The number of ketones is 1. The summed E-state index contributed by atoms with van der Waals surface area (Å²) in [6.07, 6.45) is 1.64. The maximum atomic E-state index is 12.2. The lowest BCUT2D eigenvalue weighted by molar-refractivity contribution is 0.103. The summed E-state index contributed by atoms with van der Waals surface area (Å²) >= 11 is 11.8. The van der Waals surface area contributed by atoms with Gasteiger partial charge in [0.2, 0.25) is 6.29 Å². The maximum Gasteiger partial charge on any atom is 0.236 e. The monoisotopic (exact) mass is 277 g/mol. The van der Waals surface area contributed by atoms with Crippen LogP contribution in [0.1, 0.15) is 21.5 Å². The second kappa shape index (κ2) is 5.34. The highest BCUT2D eigenvalue weighted by Gasteiger charge is 2.17. The Morgan fingerprint density at radius 1 is 1.00 bits per heavy atom. The molecule has 2 aromatic rings. The van der Waals surface area contributed by atoms with Crippen molar-refractivity contribution in [3.63, 3.8) is 0 Å². The van der Waals surface area contributed by atoms with E-state index >= 15 is 0 Å². The molecule has 0 fully saturated rings. The third-order valence-electron chi connectivity index (χ3n) is 2.47. The van der Waals surface area contributed by atoms with Crippen molar-refractivity contribution in [3.8, 4) is 0 Å². The van der Waals surface area contributed by atoms with Gasteiger partial charge in [-0.25, -0.2) is 0 Å². The van der Waals surface area contributed by atoms with Crippen LogP contribution < -0.4 is 0 Å². The van der Waals surface area contributed by atoms with E-state index < -0.39 is 0 Å². The average Bonchev–Trinajstić information content (AvgIpc) is 2.40. The predicted octanol–water partition coefficient (Wildman–Crippen LogP) is 3.68. The van der Waals surface area contributed by atoms with Gasteiger partial charge in [0, 0.05) is 11.1 Å². The molecule has 0 aliphatic carbocycles. The molecule has 0 heterocycles. The molecule has 18 heavy (non-hydrogen) atoms. The topological polar surface area (TPSA) is 34.1 Å². The van der Waals surface area contributed by atoms with Gasteiger partial charge in [0.25, 0.3) is 0 Å². The van der Waals surface area contributed by atoms with E-state index in [1.807, 2.05) is 6.07 Å². The van der Waals surface area contributed by atoms with Crippen LogP contribution in [0.25, 0.3) is 0 Å². The van der Waals surface area contributed by atoms with E-state index in [1.54, 1.807) is 30.6 Å². The van der Waals surface area contributed by atoms with Crippen molar-refractivity contribution in [2.75, 3.05) is 0 Å². The van der Waals surface area contributed by atoms with E-state index in [-0.39, 0.29) is 27.0 Å². The molecule has 0 bridgehead atoms. The molecule has 0 unspecified atom stereocenters. The Bertz CT molecular complexity index is 607. The molecule has 0 atom stereocenters. The van der Waals surface area contributed by atoms with Gasteiger partial charge >= 0.3 is 0 Å². The van der Waals surface area contributed by atoms with Crippen molar-refractivity contribution in [2.45, 2.75) is 0 Å². The average molecular weight is 278 g/mol. The zero-order valence-electron chi connectivity index (χ0n) is 9.11. The molecule has 0 aromatic heterocycles. The molecule has 2 nitrogen and oxygen atoms in total. The third-order valence-corrected chi connectivity index (χ3v) is 3.18. The highest BCUT2D eigenvalue weighted by Crippen LogP contribution is 2.28. The largest absolute Gasteiger partial charge is 0.289 e. The van der Waals surface area contributed by atoms with E-state index in [1.165, 1.54) is 12.1 Å². The van der Waals surface area contributed by atoms with Crippen LogP contribution in [0.15, 0.2) is 42.5 Å². The molecule has 2 aromatic carbocycles. The molecule has 0 saturated heterocycles. The maximum absolute atomic E-state index is 12.2. The van der Waals surface area contributed by atoms with Crippen LogP contribution >= 0.6 is 23.2 Å². The minimum absolute atomic E-state index is 0.0140. The smallest absolute Gasteiger partial charge is 0.236 e. The molecule has 89 valence electrons. The second-order valence-corrected chi connectivity index (χ2v) is 4.37. The van der Waals surface area contributed by atoms with Crippen molar-refractivity contribution in [1.29, 1.82) is 0 Å². The Balaban J connectivity index is 2.53. The Labute approximate surface area is 114 Å². The zero-order valence-corrected chi connectivity index (χ0v) is 10.6. The summed E-state index contributed by atoms with van der Waals surface area (Å²) < 4.78 is 0. The van der Waals surface area contributed by atoms with Gasteiger partial charge in [0.05, 0.1) is 15.6 Å². The van der Waals surface area contributed by atoms with Gasteiger partial charge in [-0.15, -0.1) is 0 Å². The Kier molecular flexibility index (Phi) is 3.80. The van der Waals surface area contributed by atoms with Gasteiger partial charge in [-0.3, -0.25) is 9.59 Å². The van der Waals surface area contributed by atoms with Gasteiger partial charge in [-0.1, -0.05) is 53.5 Å². The van der Waals surface area contributed by atoms with Crippen LogP contribution in [0.4, 0.5) is 0 Å². The fourth-order valence-corrected chi connectivity index (χ4v) is 2.10. The summed E-state index contributed by atoms with van der Waals surface area (Å²) in [5.74, 6) is -0.256. The van der Waals surface area contributed by atoms with Crippen molar-refractivity contribution >= 4 is 35.3 Å². The molecule has 4 heteroatoms. The number of hydrogen-bond acceptors (Lipinski definition) is 2. The minimum Gasteiger partial charge on any atom is -0.289 e. The third kappa shape index (κ3) is 2.30. The first kappa shape index (κ1) is 12.8. The lowest BCUT2D eigenvalue weighted by Gasteiger charge is -2.06. The first-order valence-electron chi connectivity index (χ1n) is 5.11. The zero-order chi connectivity index (χ0) is 13.1. The van der Waals surface area contributed by atoms with E-state index in [2.05, 4.69) is 0 Å². The number of carbonyl (C=O) groups is 1. The van der Waals surface area contributed by atoms with Crippen LogP contribution in [-0.4, -0.2) is 12.1 Å². The SMILES string of the molecule is O=[C]c1c(Cl)ccc(C(=O)c2ccccc2)c1Cl. The van der Waals surface area contributed by atoms with Crippen molar-refractivity contribution in [3.05, 3.63) is 69.2 Å². The van der Waals surface area contributed by atoms with E-state index in [0.717, 1.165) is 0 Å². The molecule has 0 spiro atoms. The summed E-state index contributed by atoms with van der Waals surface area (Å²) in [5.41, 5.74) is 0.754. The van der Waals surface area contributed by atoms with Crippen LogP contribution in [0.3, 0.4) is 0 Å². The van der Waals surface area contributed by atoms with E-state index in [0.29, 0.717) is 5.56 Å². The quantitative estimate of drug-likeness (QED) is 0.802. The van der Waals surface area contributed by atoms with Gasteiger partial charge < -0.3 is 0 Å². The Hall–Kier alpha value is -1.64. The van der Waals surface area contributed by atoms with Crippen LogP contribution in [0.5, 0.6) is 0 Å². The Morgan fingerprint density at radius 3 is 2.28 bits per heavy atom. The number of carbonyl (C=O) groups excluding carboxylic acids is 2. The van der Waals surface area contributed by atoms with Gasteiger partial charge in [-0.2, -0.15) is 0 Å². The lowest BCUT2D eigenvalue weighted by atomic mass is 10.0. The molecule has 0 aliphatic heterocycles. The second-order valence-electron chi connectivity index (χ2n) is 3.58. The normalized spacial score (nSPS) is 10.1. The Morgan fingerprint density at radius 2 is 1.67 bits per heavy atom. The molecular weight excluding hydrogens is 271 g/mol. The fraction of sp³-hybridized carbons (Fsp3) is 0. The molecular formula is C14H7Cl2O2. The van der Waals surface area contributed by atoms with Crippen molar-refractivity contribution in [2.24, 2.45) is 0 Å².